The zero-order valence-corrected chi connectivity index (χ0v) is 15.8. The summed E-state index contributed by atoms with van der Waals surface area (Å²) in [5, 5.41) is 6.48. The van der Waals surface area contributed by atoms with Gasteiger partial charge in [0, 0.05) is 13.1 Å². The number of rotatable bonds is 5. The third-order valence-corrected chi connectivity index (χ3v) is 3.23. The number of nitrogens with one attached hydrogen (secondary N) is 2. The van der Waals surface area contributed by atoms with E-state index in [-0.39, 0.29) is 29.8 Å². The first-order valence-electron chi connectivity index (χ1n) is 7.49. The maximum absolute atomic E-state index is 13.2. The van der Waals surface area contributed by atoms with Crippen LogP contribution in [0.25, 0.3) is 0 Å². The van der Waals surface area contributed by atoms with E-state index in [9.17, 15) is 4.39 Å². The Labute approximate surface area is 154 Å². The van der Waals surface area contributed by atoms with Crippen LogP contribution in [-0.4, -0.2) is 12.5 Å². The fourth-order valence-corrected chi connectivity index (χ4v) is 2.04. The Hall–Kier alpha value is -1.63. The molecule has 0 amide bonds. The van der Waals surface area contributed by atoms with Crippen molar-refractivity contribution >= 4 is 29.9 Å². The molecule has 2 N–H and O–H groups in total. The highest BCUT2D eigenvalue weighted by atomic mass is 127. The summed E-state index contributed by atoms with van der Waals surface area (Å²) in [5.74, 6) is 0.498. The molecule has 0 spiro atoms. The third-order valence-electron chi connectivity index (χ3n) is 3.23. The van der Waals surface area contributed by atoms with E-state index in [1.54, 1.807) is 6.07 Å². The Morgan fingerprint density at radius 3 is 2.43 bits per heavy atom. The molecule has 5 heteroatoms. The molecule has 0 saturated heterocycles. The monoisotopic (exact) mass is 427 g/mol. The first-order valence-corrected chi connectivity index (χ1v) is 7.49. The van der Waals surface area contributed by atoms with Crippen LogP contribution in [0.5, 0.6) is 0 Å². The maximum atomic E-state index is 13.2. The summed E-state index contributed by atoms with van der Waals surface area (Å²) >= 11 is 0. The molecule has 0 fully saturated rings. The van der Waals surface area contributed by atoms with Gasteiger partial charge in [0.25, 0.3) is 0 Å². The molecule has 0 saturated carbocycles. The van der Waals surface area contributed by atoms with E-state index in [0.717, 1.165) is 18.1 Å². The van der Waals surface area contributed by atoms with Gasteiger partial charge in [-0.15, -0.1) is 24.0 Å². The van der Waals surface area contributed by atoms with Crippen molar-refractivity contribution in [3.05, 3.63) is 71.0 Å². The van der Waals surface area contributed by atoms with Crippen molar-refractivity contribution in [3.63, 3.8) is 0 Å². The first-order chi connectivity index (χ1) is 10.7. The van der Waals surface area contributed by atoms with Gasteiger partial charge in [0.1, 0.15) is 5.82 Å². The maximum Gasteiger partial charge on any atom is 0.191 e. The first kappa shape index (κ1) is 19.4. The molecule has 2 rings (SSSR count). The third kappa shape index (κ3) is 6.99. The molecule has 3 nitrogen and oxygen atoms in total. The zero-order valence-electron chi connectivity index (χ0n) is 13.5. The summed E-state index contributed by atoms with van der Waals surface area (Å²) in [6, 6.07) is 14.9. The molecular formula is C18H23FIN3. The topological polar surface area (TPSA) is 36.4 Å². The van der Waals surface area contributed by atoms with Crippen molar-refractivity contribution in [1.29, 1.82) is 0 Å². The van der Waals surface area contributed by atoms with Gasteiger partial charge in [-0.25, -0.2) is 9.38 Å². The van der Waals surface area contributed by atoms with Gasteiger partial charge >= 0.3 is 0 Å². The fourth-order valence-electron chi connectivity index (χ4n) is 2.04. The minimum Gasteiger partial charge on any atom is -0.357 e. The molecule has 0 radical (unpaired) electrons. The number of hydrogen-bond acceptors (Lipinski definition) is 1. The van der Waals surface area contributed by atoms with E-state index < -0.39 is 0 Å². The van der Waals surface area contributed by atoms with E-state index in [4.69, 9.17) is 0 Å². The SMILES string of the molecule is CCNC(=NCc1cccc(F)c1)NCc1ccc(C)cc1.I. The van der Waals surface area contributed by atoms with Gasteiger partial charge in [0.2, 0.25) is 0 Å². The molecule has 23 heavy (non-hydrogen) atoms. The Kier molecular flexibility index (Phi) is 8.61. The largest absolute Gasteiger partial charge is 0.357 e. The predicted molar refractivity (Wildman–Crippen MR) is 105 cm³/mol. The van der Waals surface area contributed by atoms with Gasteiger partial charge in [-0.05, 0) is 37.1 Å². The van der Waals surface area contributed by atoms with Gasteiger partial charge in [0.05, 0.1) is 6.54 Å². The van der Waals surface area contributed by atoms with E-state index in [0.29, 0.717) is 13.1 Å². The van der Waals surface area contributed by atoms with Crippen molar-refractivity contribution in [3.8, 4) is 0 Å². The number of nitrogens with zero attached hydrogens (tertiary/aromatic N) is 1. The van der Waals surface area contributed by atoms with Crippen molar-refractivity contribution in [2.24, 2.45) is 4.99 Å². The lowest BCUT2D eigenvalue weighted by atomic mass is 10.1. The molecule has 0 aliphatic heterocycles. The molecule has 0 aliphatic rings. The molecular weight excluding hydrogens is 404 g/mol. The number of benzene rings is 2. The second-order valence-electron chi connectivity index (χ2n) is 5.16. The molecule has 0 bridgehead atoms. The van der Waals surface area contributed by atoms with Crippen molar-refractivity contribution in [1.82, 2.24) is 10.6 Å². The zero-order chi connectivity index (χ0) is 15.8. The van der Waals surface area contributed by atoms with Crippen LogP contribution in [0.2, 0.25) is 0 Å². The van der Waals surface area contributed by atoms with Gasteiger partial charge in [-0.2, -0.15) is 0 Å². The van der Waals surface area contributed by atoms with Crippen LogP contribution in [0.4, 0.5) is 4.39 Å². The lowest BCUT2D eigenvalue weighted by Crippen LogP contribution is -2.36. The lowest BCUT2D eigenvalue weighted by molar-refractivity contribution is 0.625. The van der Waals surface area contributed by atoms with E-state index in [1.165, 1.54) is 23.3 Å². The Balaban J connectivity index is 0.00000264. The minimum absolute atomic E-state index is 0. The summed E-state index contributed by atoms with van der Waals surface area (Å²) in [6.07, 6.45) is 0. The van der Waals surface area contributed by atoms with Gasteiger partial charge in [-0.3, -0.25) is 0 Å². The van der Waals surface area contributed by atoms with E-state index >= 15 is 0 Å². The van der Waals surface area contributed by atoms with Gasteiger partial charge in [-0.1, -0.05) is 42.0 Å². The number of hydrogen-bond donors (Lipinski definition) is 2. The van der Waals surface area contributed by atoms with Crippen LogP contribution in [-0.2, 0) is 13.1 Å². The highest BCUT2D eigenvalue weighted by Crippen LogP contribution is 2.05. The molecule has 0 heterocycles. The van der Waals surface area contributed by atoms with Crippen molar-refractivity contribution < 1.29 is 4.39 Å². The second kappa shape index (κ2) is 10.2. The van der Waals surface area contributed by atoms with E-state index in [2.05, 4.69) is 46.8 Å². The van der Waals surface area contributed by atoms with Crippen LogP contribution < -0.4 is 10.6 Å². The summed E-state index contributed by atoms with van der Waals surface area (Å²) in [4.78, 5) is 4.49. The van der Waals surface area contributed by atoms with Crippen molar-refractivity contribution in [2.75, 3.05) is 6.54 Å². The normalized spacial score (nSPS) is 10.8. The number of aliphatic imine (C=N–C) groups is 1. The quantitative estimate of drug-likeness (QED) is 0.430. The molecule has 0 atom stereocenters. The van der Waals surface area contributed by atoms with E-state index in [1.807, 2.05) is 13.0 Å². The summed E-state index contributed by atoms with van der Waals surface area (Å²) < 4.78 is 13.2. The summed E-state index contributed by atoms with van der Waals surface area (Å²) in [5.41, 5.74) is 3.30. The number of guanidine groups is 1. The Morgan fingerprint density at radius 1 is 1.04 bits per heavy atom. The summed E-state index contributed by atoms with van der Waals surface area (Å²) in [6.45, 7) is 6.02. The molecule has 0 unspecified atom stereocenters. The summed E-state index contributed by atoms with van der Waals surface area (Å²) in [7, 11) is 0. The minimum atomic E-state index is -0.231. The Bertz CT molecular complexity index is 626. The lowest BCUT2D eigenvalue weighted by Gasteiger charge is -2.11. The second-order valence-corrected chi connectivity index (χ2v) is 5.16. The number of aryl methyl sites for hydroxylation is 1. The average molecular weight is 427 g/mol. The molecule has 2 aromatic carbocycles. The molecule has 0 aromatic heterocycles. The average Bonchev–Trinajstić information content (AvgIpc) is 2.52. The number of halogens is 2. The van der Waals surface area contributed by atoms with Crippen LogP contribution in [0.3, 0.4) is 0 Å². The van der Waals surface area contributed by atoms with Crippen molar-refractivity contribution in [2.45, 2.75) is 26.9 Å². The van der Waals surface area contributed by atoms with Crippen LogP contribution in [0.1, 0.15) is 23.6 Å². The molecule has 2 aromatic rings. The highest BCUT2D eigenvalue weighted by Gasteiger charge is 1.99. The fraction of sp³-hybridized carbons (Fsp3) is 0.278. The Morgan fingerprint density at radius 2 is 1.78 bits per heavy atom. The van der Waals surface area contributed by atoms with Gasteiger partial charge < -0.3 is 10.6 Å². The van der Waals surface area contributed by atoms with Gasteiger partial charge in [0.15, 0.2) is 5.96 Å². The van der Waals surface area contributed by atoms with Crippen LogP contribution >= 0.6 is 24.0 Å². The highest BCUT2D eigenvalue weighted by molar-refractivity contribution is 14.0. The van der Waals surface area contributed by atoms with Crippen LogP contribution in [0.15, 0.2) is 53.5 Å². The molecule has 124 valence electrons. The predicted octanol–water partition coefficient (Wildman–Crippen LogP) is 4.01. The smallest absolute Gasteiger partial charge is 0.191 e. The molecule has 0 aliphatic carbocycles. The van der Waals surface area contributed by atoms with Crippen LogP contribution in [0, 0.1) is 12.7 Å². The standard InChI is InChI=1S/C18H22FN3.HI/c1-3-20-18(21-12-15-9-7-14(2)8-10-15)22-13-16-5-4-6-17(19)11-16;/h4-11H,3,12-13H2,1-2H3,(H2,20,21,22);1H.